The number of aromatic nitrogens is 3. The molecule has 1 unspecified atom stereocenters. The summed E-state index contributed by atoms with van der Waals surface area (Å²) >= 11 is 0. The summed E-state index contributed by atoms with van der Waals surface area (Å²) < 4.78 is 7.48. The highest BCUT2D eigenvalue weighted by Crippen LogP contribution is 2.30. The Morgan fingerprint density at radius 3 is 2.55 bits per heavy atom. The SMILES string of the molecule is CCC1CCCc2cnc(Nc3cc(CCc4cc(NC(=O)OC(C)(C)C)ccc4C)nn3C(C)(C)C)cc2C1. The summed E-state index contributed by atoms with van der Waals surface area (Å²) in [7, 11) is 0. The first-order valence-corrected chi connectivity index (χ1v) is 14.7. The summed E-state index contributed by atoms with van der Waals surface area (Å²) in [5.74, 6) is 2.58. The molecule has 2 N–H and O–H groups in total. The van der Waals surface area contributed by atoms with Crippen molar-refractivity contribution < 1.29 is 9.53 Å². The summed E-state index contributed by atoms with van der Waals surface area (Å²) in [4.78, 5) is 17.0. The third kappa shape index (κ3) is 7.86. The van der Waals surface area contributed by atoms with Crippen LogP contribution in [0.5, 0.6) is 0 Å². The first kappa shape index (κ1) is 29.6. The molecular weight excluding hydrogens is 498 g/mol. The van der Waals surface area contributed by atoms with E-state index in [0.29, 0.717) is 0 Å². The van der Waals surface area contributed by atoms with E-state index in [4.69, 9.17) is 14.8 Å². The van der Waals surface area contributed by atoms with E-state index in [2.05, 4.69) is 68.3 Å². The number of nitrogens with zero attached hydrogens (tertiary/aromatic N) is 3. The molecule has 1 atom stereocenters. The van der Waals surface area contributed by atoms with E-state index in [-0.39, 0.29) is 5.54 Å². The Labute approximate surface area is 240 Å². The maximum Gasteiger partial charge on any atom is 0.412 e. The van der Waals surface area contributed by atoms with Crippen molar-refractivity contribution in [2.75, 3.05) is 10.6 Å². The van der Waals surface area contributed by atoms with E-state index in [1.807, 2.05) is 39.0 Å². The zero-order chi connectivity index (χ0) is 29.1. The van der Waals surface area contributed by atoms with Gasteiger partial charge in [0.2, 0.25) is 0 Å². The van der Waals surface area contributed by atoms with Crippen LogP contribution in [0.4, 0.5) is 22.1 Å². The molecule has 0 saturated heterocycles. The molecule has 1 aliphatic rings. The lowest BCUT2D eigenvalue weighted by Crippen LogP contribution is -2.27. The second-order valence-electron chi connectivity index (χ2n) is 13.2. The molecule has 4 rings (SSSR count). The van der Waals surface area contributed by atoms with Crippen molar-refractivity contribution in [3.05, 3.63) is 64.5 Å². The molecule has 1 aromatic carbocycles. The van der Waals surface area contributed by atoms with Crippen LogP contribution in [0.15, 0.2) is 36.5 Å². The van der Waals surface area contributed by atoms with Gasteiger partial charge >= 0.3 is 6.09 Å². The van der Waals surface area contributed by atoms with Gasteiger partial charge in [-0.3, -0.25) is 5.32 Å². The number of carbonyl (C=O) groups excluding carboxylic acids is 1. The molecule has 0 fully saturated rings. The van der Waals surface area contributed by atoms with E-state index in [0.717, 1.165) is 54.6 Å². The van der Waals surface area contributed by atoms with Gasteiger partial charge in [0.25, 0.3) is 0 Å². The van der Waals surface area contributed by atoms with Crippen LogP contribution in [0.1, 0.15) is 95.7 Å². The second-order valence-corrected chi connectivity index (χ2v) is 13.2. The van der Waals surface area contributed by atoms with Gasteiger partial charge in [-0.05, 0) is 133 Å². The molecular formula is C33H47N5O2. The number of nitrogens with one attached hydrogen (secondary N) is 2. The van der Waals surface area contributed by atoms with Gasteiger partial charge in [-0.25, -0.2) is 14.5 Å². The van der Waals surface area contributed by atoms with Crippen LogP contribution < -0.4 is 10.6 Å². The largest absolute Gasteiger partial charge is 0.444 e. The Morgan fingerprint density at radius 1 is 1.07 bits per heavy atom. The van der Waals surface area contributed by atoms with Gasteiger partial charge in [-0.15, -0.1) is 0 Å². The van der Waals surface area contributed by atoms with E-state index in [1.165, 1.54) is 41.5 Å². The number of benzene rings is 1. The Balaban J connectivity index is 1.50. The highest BCUT2D eigenvalue weighted by Gasteiger charge is 2.22. The third-order valence-electron chi connectivity index (χ3n) is 7.52. The number of carbonyl (C=O) groups is 1. The Morgan fingerprint density at radius 2 is 1.85 bits per heavy atom. The number of amides is 1. The molecule has 0 radical (unpaired) electrons. The molecule has 2 heterocycles. The van der Waals surface area contributed by atoms with Crippen LogP contribution in [0, 0.1) is 12.8 Å². The van der Waals surface area contributed by atoms with Crippen molar-refractivity contribution in [3.63, 3.8) is 0 Å². The standard InChI is InChI=1S/C33H47N5O2/c1-9-23-11-10-12-25-21-34-29(19-26(25)17-23)36-30-20-28(37-38(30)32(3,4)5)16-14-24-18-27(15-13-22(24)2)35-31(39)40-33(6,7)8/h13,15,18-21,23H,9-12,14,16-17H2,1-8H3,(H,34,36)(H,35,39). The summed E-state index contributed by atoms with van der Waals surface area (Å²) in [5, 5.41) is 11.4. The van der Waals surface area contributed by atoms with E-state index >= 15 is 0 Å². The third-order valence-corrected chi connectivity index (χ3v) is 7.52. The number of ether oxygens (including phenoxy) is 1. The number of anilines is 3. The average molecular weight is 546 g/mol. The Kier molecular flexibility index (Phi) is 8.91. The molecule has 0 spiro atoms. The van der Waals surface area contributed by atoms with Gasteiger partial charge in [0.05, 0.1) is 11.2 Å². The van der Waals surface area contributed by atoms with Crippen molar-refractivity contribution in [1.82, 2.24) is 14.8 Å². The highest BCUT2D eigenvalue weighted by molar-refractivity contribution is 5.85. The van der Waals surface area contributed by atoms with Gasteiger partial charge in [-0.1, -0.05) is 19.4 Å². The fourth-order valence-corrected chi connectivity index (χ4v) is 5.34. The molecule has 7 heteroatoms. The lowest BCUT2D eigenvalue weighted by atomic mass is 9.95. The molecule has 7 nitrogen and oxygen atoms in total. The van der Waals surface area contributed by atoms with Crippen molar-refractivity contribution in [3.8, 4) is 0 Å². The van der Waals surface area contributed by atoms with Gasteiger partial charge in [0.15, 0.2) is 0 Å². The van der Waals surface area contributed by atoms with Crippen molar-refractivity contribution >= 4 is 23.4 Å². The summed E-state index contributed by atoms with van der Waals surface area (Å²) in [6.45, 7) is 16.5. The fourth-order valence-electron chi connectivity index (χ4n) is 5.34. The zero-order valence-corrected chi connectivity index (χ0v) is 25.6. The lowest BCUT2D eigenvalue weighted by molar-refractivity contribution is 0.0636. The van der Waals surface area contributed by atoms with Gasteiger partial charge in [0.1, 0.15) is 17.2 Å². The van der Waals surface area contributed by atoms with Gasteiger partial charge in [-0.2, -0.15) is 5.10 Å². The zero-order valence-electron chi connectivity index (χ0n) is 25.6. The molecule has 0 saturated carbocycles. The van der Waals surface area contributed by atoms with E-state index < -0.39 is 11.7 Å². The number of hydrogen-bond donors (Lipinski definition) is 2. The predicted octanol–water partition coefficient (Wildman–Crippen LogP) is 8.12. The normalized spacial score (nSPS) is 15.8. The molecule has 1 aliphatic carbocycles. The van der Waals surface area contributed by atoms with Crippen LogP contribution in [-0.2, 0) is 36.0 Å². The van der Waals surface area contributed by atoms with Gasteiger partial charge in [0, 0.05) is 18.0 Å². The van der Waals surface area contributed by atoms with Crippen molar-refractivity contribution in [2.24, 2.45) is 5.92 Å². The van der Waals surface area contributed by atoms with Crippen LogP contribution in [-0.4, -0.2) is 26.5 Å². The summed E-state index contributed by atoms with van der Waals surface area (Å²) in [5.41, 5.74) is 6.20. The number of pyridine rings is 1. The minimum atomic E-state index is -0.541. The van der Waals surface area contributed by atoms with Crippen LogP contribution in [0.25, 0.3) is 0 Å². The van der Waals surface area contributed by atoms with E-state index in [1.54, 1.807) is 0 Å². The Hall–Kier alpha value is -3.35. The summed E-state index contributed by atoms with van der Waals surface area (Å²) in [6, 6.07) is 10.4. The first-order chi connectivity index (χ1) is 18.8. The topological polar surface area (TPSA) is 81.1 Å². The maximum absolute atomic E-state index is 12.3. The minimum Gasteiger partial charge on any atom is -0.444 e. The molecule has 1 amide bonds. The average Bonchev–Trinajstić information content (AvgIpc) is 3.15. The number of fused-ring (bicyclic) bond motifs is 1. The van der Waals surface area contributed by atoms with E-state index in [9.17, 15) is 4.79 Å². The minimum absolute atomic E-state index is 0.188. The van der Waals surface area contributed by atoms with Crippen LogP contribution >= 0.6 is 0 Å². The molecule has 40 heavy (non-hydrogen) atoms. The number of aryl methyl sites for hydroxylation is 4. The fraction of sp³-hybridized carbons (Fsp3) is 0.545. The van der Waals surface area contributed by atoms with Crippen LogP contribution in [0.2, 0.25) is 0 Å². The molecule has 2 aromatic heterocycles. The lowest BCUT2D eigenvalue weighted by Gasteiger charge is -2.23. The predicted molar refractivity (Wildman–Crippen MR) is 164 cm³/mol. The quantitative estimate of drug-likeness (QED) is 0.293. The van der Waals surface area contributed by atoms with Gasteiger partial charge < -0.3 is 10.1 Å². The summed E-state index contributed by atoms with van der Waals surface area (Å²) in [6.07, 6.45) is 9.24. The first-order valence-electron chi connectivity index (χ1n) is 14.7. The Bertz CT molecular complexity index is 1330. The maximum atomic E-state index is 12.3. The monoisotopic (exact) mass is 545 g/mol. The molecule has 3 aromatic rings. The molecule has 0 bridgehead atoms. The smallest absolute Gasteiger partial charge is 0.412 e. The number of hydrogen-bond acceptors (Lipinski definition) is 5. The highest BCUT2D eigenvalue weighted by atomic mass is 16.6. The molecule has 216 valence electrons. The number of rotatable bonds is 7. The second kappa shape index (κ2) is 12.0. The molecule has 0 aliphatic heterocycles. The van der Waals surface area contributed by atoms with Crippen LogP contribution in [0.3, 0.4) is 0 Å². The van der Waals surface area contributed by atoms with Crippen molar-refractivity contribution in [1.29, 1.82) is 0 Å². The van der Waals surface area contributed by atoms with Crippen molar-refractivity contribution in [2.45, 2.75) is 111 Å².